The van der Waals surface area contributed by atoms with Crippen molar-refractivity contribution in [2.24, 2.45) is 17.8 Å². The highest BCUT2D eigenvalue weighted by Gasteiger charge is 2.43. The van der Waals surface area contributed by atoms with E-state index in [2.05, 4.69) is 45.5 Å². The fourth-order valence-corrected chi connectivity index (χ4v) is 4.52. The largest absolute Gasteiger partial charge is 0.356 e. The summed E-state index contributed by atoms with van der Waals surface area (Å²) in [6.07, 6.45) is 6.26. The van der Waals surface area contributed by atoms with Gasteiger partial charge in [0, 0.05) is 17.8 Å². The number of carbonyl (C=O) groups excluding carboxylic acids is 1. The van der Waals surface area contributed by atoms with Gasteiger partial charge in [-0.05, 0) is 42.6 Å². The topological polar surface area (TPSA) is 29.1 Å². The zero-order chi connectivity index (χ0) is 14.7. The van der Waals surface area contributed by atoms with Crippen LogP contribution in [0.4, 0.5) is 0 Å². The molecule has 21 heavy (non-hydrogen) atoms. The lowest BCUT2D eigenvalue weighted by molar-refractivity contribution is -0.122. The predicted octanol–water partition coefficient (Wildman–Crippen LogP) is 4.11. The van der Waals surface area contributed by atoms with Crippen LogP contribution in [0.2, 0.25) is 0 Å². The van der Waals surface area contributed by atoms with Gasteiger partial charge in [0.2, 0.25) is 5.91 Å². The smallest absolute Gasteiger partial charge is 0.223 e. The normalized spacial score (nSPS) is 31.7. The monoisotopic (exact) mass is 349 g/mol. The lowest BCUT2D eigenvalue weighted by Crippen LogP contribution is -2.35. The van der Waals surface area contributed by atoms with Crippen LogP contribution in [0, 0.1) is 17.8 Å². The Labute approximate surface area is 135 Å². The third kappa shape index (κ3) is 3.68. The number of benzene rings is 1. The molecule has 0 heterocycles. The van der Waals surface area contributed by atoms with Crippen LogP contribution in [-0.2, 0) is 4.79 Å². The number of rotatable bonds is 5. The van der Waals surface area contributed by atoms with Crippen molar-refractivity contribution in [2.75, 3.05) is 11.9 Å². The summed E-state index contributed by atoms with van der Waals surface area (Å²) in [7, 11) is 0. The first kappa shape index (κ1) is 15.1. The molecule has 0 saturated heterocycles. The minimum Gasteiger partial charge on any atom is -0.356 e. The van der Waals surface area contributed by atoms with E-state index >= 15 is 0 Å². The molecule has 114 valence electrons. The second-order valence-electron chi connectivity index (χ2n) is 6.56. The van der Waals surface area contributed by atoms with Crippen molar-refractivity contribution >= 4 is 21.8 Å². The highest BCUT2D eigenvalue weighted by molar-refractivity contribution is 9.09. The predicted molar refractivity (Wildman–Crippen MR) is 89.5 cm³/mol. The van der Waals surface area contributed by atoms with Gasteiger partial charge in [0.05, 0.1) is 0 Å². The third-order valence-corrected chi connectivity index (χ3v) is 5.99. The first-order chi connectivity index (χ1) is 10.3. The first-order valence-corrected chi connectivity index (χ1v) is 9.30. The molecular formula is C18H24BrNO. The Kier molecular flexibility index (Phi) is 4.99. The third-order valence-electron chi connectivity index (χ3n) is 5.16. The molecule has 4 atom stereocenters. The molecule has 4 unspecified atom stereocenters. The van der Waals surface area contributed by atoms with Crippen LogP contribution in [-0.4, -0.2) is 17.8 Å². The van der Waals surface area contributed by atoms with E-state index in [-0.39, 0.29) is 11.8 Å². The Morgan fingerprint density at radius 1 is 1.14 bits per heavy atom. The molecule has 3 rings (SSSR count). The van der Waals surface area contributed by atoms with Gasteiger partial charge in [0.25, 0.3) is 0 Å². The van der Waals surface area contributed by atoms with Crippen LogP contribution in [0.3, 0.4) is 0 Å². The maximum Gasteiger partial charge on any atom is 0.223 e. The molecule has 2 aliphatic rings. The van der Waals surface area contributed by atoms with Crippen LogP contribution in [0.15, 0.2) is 30.3 Å². The summed E-state index contributed by atoms with van der Waals surface area (Å²) < 4.78 is 0. The van der Waals surface area contributed by atoms with Crippen molar-refractivity contribution in [1.82, 2.24) is 5.32 Å². The van der Waals surface area contributed by atoms with Crippen molar-refractivity contribution in [3.63, 3.8) is 0 Å². The molecule has 2 aliphatic carbocycles. The van der Waals surface area contributed by atoms with E-state index in [0.717, 1.165) is 24.2 Å². The Morgan fingerprint density at radius 2 is 1.86 bits per heavy atom. The Balaban J connectivity index is 1.47. The molecule has 1 N–H and O–H groups in total. The first-order valence-electron chi connectivity index (χ1n) is 8.18. The average molecular weight is 350 g/mol. The number of halogens is 1. The second-order valence-corrected chi connectivity index (χ2v) is 7.21. The van der Waals surface area contributed by atoms with E-state index in [1.165, 1.54) is 31.2 Å². The summed E-state index contributed by atoms with van der Waals surface area (Å²) in [6, 6.07) is 10.4. The van der Waals surface area contributed by atoms with Gasteiger partial charge in [0.15, 0.2) is 0 Å². The lowest BCUT2D eigenvalue weighted by Gasteiger charge is -2.30. The zero-order valence-electron chi connectivity index (χ0n) is 12.4. The van der Waals surface area contributed by atoms with Gasteiger partial charge in [-0.15, -0.1) is 0 Å². The van der Waals surface area contributed by atoms with Crippen LogP contribution >= 0.6 is 15.9 Å². The molecule has 0 spiro atoms. The molecule has 2 saturated carbocycles. The lowest BCUT2D eigenvalue weighted by atomic mass is 9.80. The van der Waals surface area contributed by atoms with Crippen molar-refractivity contribution in [2.45, 2.75) is 38.0 Å². The van der Waals surface area contributed by atoms with Crippen molar-refractivity contribution in [1.29, 1.82) is 0 Å². The Bertz CT molecular complexity index is 475. The van der Waals surface area contributed by atoms with Crippen molar-refractivity contribution in [3.8, 4) is 0 Å². The van der Waals surface area contributed by atoms with Crippen molar-refractivity contribution < 1.29 is 4.79 Å². The number of amides is 1. The number of nitrogens with one attached hydrogen (secondary N) is 1. The standard InChI is InChI=1S/C18H24BrNO/c19-11-14-8-4-5-9-15(14)12-20-18(21)17-10-16(17)13-6-2-1-3-7-13/h1-3,6-7,14-17H,4-5,8-12H2,(H,20,21). The fourth-order valence-electron chi connectivity index (χ4n) is 3.67. The number of hydrogen-bond acceptors (Lipinski definition) is 1. The molecular weight excluding hydrogens is 326 g/mol. The summed E-state index contributed by atoms with van der Waals surface area (Å²) >= 11 is 3.63. The van der Waals surface area contributed by atoms with E-state index in [1.54, 1.807) is 0 Å². The number of carbonyl (C=O) groups is 1. The average Bonchev–Trinajstić information content (AvgIpc) is 3.34. The van der Waals surface area contributed by atoms with Gasteiger partial charge in [-0.3, -0.25) is 4.79 Å². The summed E-state index contributed by atoms with van der Waals surface area (Å²) in [6.45, 7) is 0.868. The highest BCUT2D eigenvalue weighted by atomic mass is 79.9. The number of alkyl halides is 1. The molecule has 1 aromatic rings. The second kappa shape index (κ2) is 6.95. The Hall–Kier alpha value is -0.830. The highest BCUT2D eigenvalue weighted by Crippen LogP contribution is 2.47. The summed E-state index contributed by atoms with van der Waals surface area (Å²) in [5.74, 6) is 2.32. The van der Waals surface area contributed by atoms with Crippen molar-refractivity contribution in [3.05, 3.63) is 35.9 Å². The van der Waals surface area contributed by atoms with E-state index < -0.39 is 0 Å². The van der Waals surface area contributed by atoms with E-state index in [1.807, 2.05) is 6.07 Å². The molecule has 2 nitrogen and oxygen atoms in total. The molecule has 0 aromatic heterocycles. The number of hydrogen-bond donors (Lipinski definition) is 1. The molecule has 3 heteroatoms. The fraction of sp³-hybridized carbons (Fsp3) is 0.611. The quantitative estimate of drug-likeness (QED) is 0.796. The van der Waals surface area contributed by atoms with Crippen LogP contribution < -0.4 is 5.32 Å². The summed E-state index contributed by atoms with van der Waals surface area (Å²) in [4.78, 5) is 12.3. The van der Waals surface area contributed by atoms with E-state index in [0.29, 0.717) is 11.8 Å². The molecule has 0 aliphatic heterocycles. The SMILES string of the molecule is O=C(NCC1CCCCC1CBr)C1CC1c1ccccc1. The Morgan fingerprint density at radius 3 is 2.57 bits per heavy atom. The minimum absolute atomic E-state index is 0.207. The zero-order valence-corrected chi connectivity index (χ0v) is 14.0. The molecule has 0 bridgehead atoms. The molecule has 2 fully saturated rings. The molecule has 1 aromatic carbocycles. The van der Waals surface area contributed by atoms with Gasteiger partial charge in [-0.25, -0.2) is 0 Å². The van der Waals surface area contributed by atoms with Crippen LogP contribution in [0.5, 0.6) is 0 Å². The summed E-state index contributed by atoms with van der Waals surface area (Å²) in [5, 5.41) is 4.29. The maximum absolute atomic E-state index is 12.3. The van der Waals surface area contributed by atoms with Crippen LogP contribution in [0.25, 0.3) is 0 Å². The van der Waals surface area contributed by atoms with Gasteiger partial charge >= 0.3 is 0 Å². The molecule has 1 amide bonds. The van der Waals surface area contributed by atoms with E-state index in [9.17, 15) is 4.79 Å². The van der Waals surface area contributed by atoms with Crippen LogP contribution in [0.1, 0.15) is 43.6 Å². The maximum atomic E-state index is 12.3. The minimum atomic E-state index is 0.207. The van der Waals surface area contributed by atoms with Gasteiger partial charge in [-0.1, -0.05) is 59.1 Å². The van der Waals surface area contributed by atoms with Gasteiger partial charge in [0.1, 0.15) is 0 Å². The van der Waals surface area contributed by atoms with E-state index in [4.69, 9.17) is 0 Å². The molecule has 0 radical (unpaired) electrons. The van der Waals surface area contributed by atoms with Gasteiger partial charge in [-0.2, -0.15) is 0 Å². The van der Waals surface area contributed by atoms with Gasteiger partial charge < -0.3 is 5.32 Å². The summed E-state index contributed by atoms with van der Waals surface area (Å²) in [5.41, 5.74) is 1.31.